The van der Waals surface area contributed by atoms with E-state index >= 15 is 0 Å². The Kier molecular flexibility index (Phi) is 2.99. The van der Waals surface area contributed by atoms with Crippen LogP contribution in [-0.2, 0) is 0 Å². The van der Waals surface area contributed by atoms with Gasteiger partial charge in [-0.3, -0.25) is 0 Å². The molecule has 0 amide bonds. The average Bonchev–Trinajstić information content (AvgIpc) is 3.04. The first kappa shape index (κ1) is 10.8. The van der Waals surface area contributed by atoms with E-state index in [9.17, 15) is 4.79 Å². The van der Waals surface area contributed by atoms with Gasteiger partial charge in [0.25, 0.3) is 0 Å². The highest BCUT2D eigenvalue weighted by Gasteiger charge is 2.20. The quantitative estimate of drug-likeness (QED) is 0.747. The third-order valence-corrected chi connectivity index (χ3v) is 2.74. The van der Waals surface area contributed by atoms with E-state index < -0.39 is 5.97 Å². The number of nitrogen functional groups attached to an aromatic ring is 1. The van der Waals surface area contributed by atoms with Crippen LogP contribution in [0.1, 0.15) is 29.6 Å². The van der Waals surface area contributed by atoms with Crippen molar-refractivity contribution in [3.05, 3.63) is 23.8 Å². The fourth-order valence-corrected chi connectivity index (χ4v) is 1.53. The van der Waals surface area contributed by atoms with Crippen molar-refractivity contribution in [2.75, 3.05) is 12.3 Å². The third-order valence-electron chi connectivity index (χ3n) is 2.74. The van der Waals surface area contributed by atoms with Gasteiger partial charge in [-0.15, -0.1) is 0 Å². The maximum atomic E-state index is 10.8. The summed E-state index contributed by atoms with van der Waals surface area (Å²) in [4.78, 5) is 10.8. The van der Waals surface area contributed by atoms with Crippen molar-refractivity contribution in [2.24, 2.45) is 5.92 Å². The molecule has 1 saturated carbocycles. The molecule has 0 bridgehead atoms. The second kappa shape index (κ2) is 4.43. The Morgan fingerprint density at radius 3 is 2.88 bits per heavy atom. The number of carbonyl (C=O) groups is 1. The number of rotatable bonds is 5. The summed E-state index contributed by atoms with van der Waals surface area (Å²) in [6.45, 7) is 0.609. The van der Waals surface area contributed by atoms with Crippen LogP contribution in [0.2, 0.25) is 0 Å². The van der Waals surface area contributed by atoms with E-state index in [1.165, 1.54) is 25.0 Å². The molecular weight excluding hydrogens is 206 g/mol. The summed E-state index contributed by atoms with van der Waals surface area (Å²) >= 11 is 0. The summed E-state index contributed by atoms with van der Waals surface area (Å²) in [6.07, 6.45) is 3.60. The average molecular weight is 221 g/mol. The van der Waals surface area contributed by atoms with Gasteiger partial charge in [-0.1, -0.05) is 12.8 Å². The lowest BCUT2D eigenvalue weighted by atomic mass is 10.2. The summed E-state index contributed by atoms with van der Waals surface area (Å²) in [7, 11) is 0. The van der Waals surface area contributed by atoms with Crippen LogP contribution in [0.5, 0.6) is 5.75 Å². The first-order valence-corrected chi connectivity index (χ1v) is 5.42. The Hall–Kier alpha value is -1.71. The van der Waals surface area contributed by atoms with Crippen LogP contribution in [0.15, 0.2) is 18.2 Å². The molecule has 0 heterocycles. The largest absolute Gasteiger partial charge is 0.491 e. The number of carboxylic acid groups (broad SMARTS) is 1. The normalized spacial score (nSPS) is 14.8. The van der Waals surface area contributed by atoms with E-state index in [2.05, 4.69) is 0 Å². The highest BCUT2D eigenvalue weighted by molar-refractivity contribution is 5.89. The predicted octanol–water partition coefficient (Wildman–Crippen LogP) is 2.15. The summed E-state index contributed by atoms with van der Waals surface area (Å²) in [5.74, 6) is 0.302. The van der Waals surface area contributed by atoms with Crippen molar-refractivity contribution in [1.29, 1.82) is 0 Å². The van der Waals surface area contributed by atoms with Gasteiger partial charge in [-0.2, -0.15) is 0 Å². The minimum Gasteiger partial charge on any atom is -0.491 e. The molecule has 4 heteroatoms. The fraction of sp³-hybridized carbons (Fsp3) is 0.417. The van der Waals surface area contributed by atoms with Gasteiger partial charge >= 0.3 is 5.97 Å². The van der Waals surface area contributed by atoms with Gasteiger partial charge in [-0.05, 0) is 30.5 Å². The molecule has 1 aromatic rings. The molecule has 4 nitrogen and oxygen atoms in total. The topological polar surface area (TPSA) is 72.6 Å². The van der Waals surface area contributed by atoms with E-state index in [1.807, 2.05) is 0 Å². The predicted molar refractivity (Wildman–Crippen MR) is 60.6 cm³/mol. The standard InChI is InChI=1S/C12H15NO3/c13-10-4-3-9(12(14)15)7-11(10)16-6-5-8-1-2-8/h3-4,7-8H,1-2,5-6,13H2,(H,14,15). The Morgan fingerprint density at radius 2 is 2.25 bits per heavy atom. The zero-order chi connectivity index (χ0) is 11.5. The molecule has 0 unspecified atom stereocenters. The smallest absolute Gasteiger partial charge is 0.335 e. The van der Waals surface area contributed by atoms with Gasteiger partial charge in [0, 0.05) is 0 Å². The number of ether oxygens (including phenoxy) is 1. The lowest BCUT2D eigenvalue weighted by molar-refractivity contribution is 0.0696. The number of carboxylic acids is 1. The Labute approximate surface area is 94.0 Å². The van der Waals surface area contributed by atoms with Gasteiger partial charge in [0.15, 0.2) is 0 Å². The van der Waals surface area contributed by atoms with Gasteiger partial charge in [-0.25, -0.2) is 4.79 Å². The molecule has 0 aromatic heterocycles. The van der Waals surface area contributed by atoms with Gasteiger partial charge in [0.1, 0.15) is 5.75 Å². The molecule has 3 N–H and O–H groups in total. The molecule has 0 spiro atoms. The summed E-state index contributed by atoms with van der Waals surface area (Å²) in [6, 6.07) is 4.52. The molecule has 0 saturated heterocycles. The van der Waals surface area contributed by atoms with Crippen molar-refractivity contribution in [1.82, 2.24) is 0 Å². The number of hydrogen-bond acceptors (Lipinski definition) is 3. The molecule has 0 atom stereocenters. The Balaban J connectivity index is 1.99. The molecule has 0 aliphatic heterocycles. The molecule has 16 heavy (non-hydrogen) atoms. The lowest BCUT2D eigenvalue weighted by Gasteiger charge is -2.09. The van der Waals surface area contributed by atoms with Crippen molar-refractivity contribution < 1.29 is 14.6 Å². The molecule has 2 rings (SSSR count). The monoisotopic (exact) mass is 221 g/mol. The number of hydrogen-bond donors (Lipinski definition) is 2. The van der Waals surface area contributed by atoms with Crippen LogP contribution in [-0.4, -0.2) is 17.7 Å². The third kappa shape index (κ3) is 2.66. The first-order chi connectivity index (χ1) is 7.66. The van der Waals surface area contributed by atoms with Crippen LogP contribution in [0, 0.1) is 5.92 Å². The Bertz CT molecular complexity index is 399. The first-order valence-electron chi connectivity index (χ1n) is 5.42. The minimum atomic E-state index is -0.966. The van der Waals surface area contributed by atoms with E-state index in [0.29, 0.717) is 18.0 Å². The zero-order valence-electron chi connectivity index (χ0n) is 8.98. The highest BCUT2D eigenvalue weighted by Crippen LogP contribution is 2.32. The van der Waals surface area contributed by atoms with E-state index in [1.54, 1.807) is 6.07 Å². The van der Waals surface area contributed by atoms with Crippen LogP contribution < -0.4 is 10.5 Å². The van der Waals surface area contributed by atoms with Crippen molar-refractivity contribution in [3.63, 3.8) is 0 Å². The summed E-state index contributed by atoms with van der Waals surface area (Å²) in [5, 5.41) is 8.83. The fourth-order valence-electron chi connectivity index (χ4n) is 1.53. The van der Waals surface area contributed by atoms with E-state index in [-0.39, 0.29) is 5.56 Å². The second-order valence-electron chi connectivity index (χ2n) is 4.14. The van der Waals surface area contributed by atoms with Gasteiger partial charge < -0.3 is 15.6 Å². The maximum Gasteiger partial charge on any atom is 0.335 e. The number of aromatic carboxylic acids is 1. The van der Waals surface area contributed by atoms with Crippen molar-refractivity contribution in [3.8, 4) is 5.75 Å². The highest BCUT2D eigenvalue weighted by atomic mass is 16.5. The Morgan fingerprint density at radius 1 is 1.50 bits per heavy atom. The number of benzene rings is 1. The van der Waals surface area contributed by atoms with Crippen LogP contribution in [0.3, 0.4) is 0 Å². The van der Waals surface area contributed by atoms with Crippen LogP contribution >= 0.6 is 0 Å². The second-order valence-corrected chi connectivity index (χ2v) is 4.14. The maximum absolute atomic E-state index is 10.8. The number of anilines is 1. The summed E-state index contributed by atoms with van der Waals surface area (Å²) < 4.78 is 5.49. The molecule has 0 radical (unpaired) electrons. The lowest BCUT2D eigenvalue weighted by Crippen LogP contribution is -2.03. The minimum absolute atomic E-state index is 0.204. The zero-order valence-corrected chi connectivity index (χ0v) is 8.98. The van der Waals surface area contributed by atoms with Crippen LogP contribution in [0.4, 0.5) is 5.69 Å². The molecule has 1 aliphatic carbocycles. The van der Waals surface area contributed by atoms with Gasteiger partial charge in [0.2, 0.25) is 0 Å². The van der Waals surface area contributed by atoms with E-state index in [0.717, 1.165) is 12.3 Å². The van der Waals surface area contributed by atoms with E-state index in [4.69, 9.17) is 15.6 Å². The SMILES string of the molecule is Nc1ccc(C(=O)O)cc1OCCC1CC1. The summed E-state index contributed by atoms with van der Waals surface area (Å²) in [5.41, 5.74) is 6.40. The van der Waals surface area contributed by atoms with Crippen molar-refractivity contribution >= 4 is 11.7 Å². The van der Waals surface area contributed by atoms with Crippen molar-refractivity contribution in [2.45, 2.75) is 19.3 Å². The molecule has 1 fully saturated rings. The number of nitrogens with two attached hydrogens (primary N) is 1. The van der Waals surface area contributed by atoms with Gasteiger partial charge in [0.05, 0.1) is 17.9 Å². The molecular formula is C12H15NO3. The molecule has 1 aliphatic rings. The molecule has 86 valence electrons. The van der Waals surface area contributed by atoms with Crippen LogP contribution in [0.25, 0.3) is 0 Å². The molecule has 1 aromatic carbocycles.